The molecule has 0 saturated heterocycles. The molecule has 1 N–H and O–H groups in total. The van der Waals surface area contributed by atoms with Crippen LogP contribution in [0.15, 0.2) is 24.3 Å². The fraction of sp³-hybridized carbons (Fsp3) is 0.667. The Bertz CT molecular complexity index is 398. The summed E-state index contributed by atoms with van der Waals surface area (Å²) < 4.78 is 0. The van der Waals surface area contributed by atoms with Crippen LogP contribution < -0.4 is 5.32 Å². The van der Waals surface area contributed by atoms with Crippen molar-refractivity contribution in [2.24, 2.45) is 0 Å². The summed E-state index contributed by atoms with van der Waals surface area (Å²) in [7, 11) is 0. The molecule has 0 heterocycles. The van der Waals surface area contributed by atoms with E-state index >= 15 is 0 Å². The highest BCUT2D eigenvalue weighted by atomic mass is 15.1. The Kier molecular flexibility index (Phi) is 6.06. The molecule has 0 fully saturated rings. The Labute approximate surface area is 124 Å². The third kappa shape index (κ3) is 4.07. The molecule has 1 aromatic carbocycles. The predicted molar refractivity (Wildman–Crippen MR) is 87.1 cm³/mol. The molecule has 0 amide bonds. The number of fused-ring (bicyclic) bond motifs is 1. The van der Waals surface area contributed by atoms with Gasteiger partial charge in [-0.25, -0.2) is 0 Å². The number of benzene rings is 1. The monoisotopic (exact) mass is 274 g/mol. The maximum absolute atomic E-state index is 3.87. The minimum Gasteiger partial charge on any atom is -0.306 e. The summed E-state index contributed by atoms with van der Waals surface area (Å²) in [6, 6.07) is 10.1. The molecular formula is C18H30N2. The summed E-state index contributed by atoms with van der Waals surface area (Å²) in [5.41, 5.74) is 3.09. The number of rotatable bonds is 6. The van der Waals surface area contributed by atoms with Crippen LogP contribution in [0.25, 0.3) is 0 Å². The normalized spacial score (nSPS) is 20.5. The number of nitrogens with zero attached hydrogens (tertiary/aromatic N) is 1. The van der Waals surface area contributed by atoms with E-state index in [0.29, 0.717) is 12.1 Å². The molecule has 0 radical (unpaired) electrons. The van der Waals surface area contributed by atoms with Gasteiger partial charge in [0.05, 0.1) is 0 Å². The van der Waals surface area contributed by atoms with E-state index in [0.717, 1.165) is 19.6 Å². The lowest BCUT2D eigenvalue weighted by atomic mass is 9.98. The first-order valence-electron chi connectivity index (χ1n) is 8.30. The SMILES string of the molecule is CCN(CC)CC(C)NC1CCCCc2ccccc21. The molecule has 112 valence electrons. The second-order valence-electron chi connectivity index (χ2n) is 6.05. The Morgan fingerprint density at radius 3 is 2.70 bits per heavy atom. The van der Waals surface area contributed by atoms with E-state index in [1.807, 2.05) is 0 Å². The van der Waals surface area contributed by atoms with Crippen LogP contribution >= 0.6 is 0 Å². The van der Waals surface area contributed by atoms with E-state index < -0.39 is 0 Å². The standard InChI is InChI=1S/C18H30N2/c1-4-20(5-2)14-15(3)19-18-13-9-7-11-16-10-6-8-12-17(16)18/h6,8,10,12,15,18-19H,4-5,7,9,11,13-14H2,1-3H3. The second kappa shape index (κ2) is 7.80. The smallest absolute Gasteiger partial charge is 0.0325 e. The summed E-state index contributed by atoms with van der Waals surface area (Å²) in [4.78, 5) is 2.50. The molecule has 2 unspecified atom stereocenters. The average molecular weight is 274 g/mol. The maximum atomic E-state index is 3.87. The van der Waals surface area contributed by atoms with E-state index in [4.69, 9.17) is 0 Å². The van der Waals surface area contributed by atoms with E-state index in [1.54, 1.807) is 5.56 Å². The first-order valence-corrected chi connectivity index (χ1v) is 8.30. The van der Waals surface area contributed by atoms with Gasteiger partial charge in [0.15, 0.2) is 0 Å². The van der Waals surface area contributed by atoms with E-state index in [1.165, 1.54) is 31.2 Å². The van der Waals surface area contributed by atoms with Gasteiger partial charge in [-0.1, -0.05) is 44.5 Å². The highest BCUT2D eigenvalue weighted by Gasteiger charge is 2.20. The van der Waals surface area contributed by atoms with Crippen LogP contribution in [0, 0.1) is 0 Å². The lowest BCUT2D eigenvalue weighted by molar-refractivity contribution is 0.259. The van der Waals surface area contributed by atoms with Gasteiger partial charge in [-0.3, -0.25) is 0 Å². The van der Waals surface area contributed by atoms with Gasteiger partial charge < -0.3 is 10.2 Å². The molecule has 0 aromatic heterocycles. The number of nitrogens with one attached hydrogen (secondary N) is 1. The molecule has 0 saturated carbocycles. The summed E-state index contributed by atoms with van der Waals surface area (Å²) in [6.07, 6.45) is 5.20. The summed E-state index contributed by atoms with van der Waals surface area (Å²) >= 11 is 0. The van der Waals surface area contributed by atoms with Gasteiger partial charge in [-0.05, 0) is 50.4 Å². The van der Waals surface area contributed by atoms with Crippen molar-refractivity contribution >= 4 is 0 Å². The Hall–Kier alpha value is -0.860. The minimum absolute atomic E-state index is 0.541. The molecule has 0 bridgehead atoms. The van der Waals surface area contributed by atoms with Crippen molar-refractivity contribution in [1.82, 2.24) is 10.2 Å². The van der Waals surface area contributed by atoms with Crippen molar-refractivity contribution in [3.8, 4) is 0 Å². The lowest BCUT2D eigenvalue weighted by Gasteiger charge is -2.28. The molecule has 1 aromatic rings. The Balaban J connectivity index is 2.01. The first kappa shape index (κ1) is 15.5. The van der Waals surface area contributed by atoms with Gasteiger partial charge >= 0.3 is 0 Å². The largest absolute Gasteiger partial charge is 0.306 e. The third-order valence-corrected chi connectivity index (χ3v) is 4.53. The van der Waals surface area contributed by atoms with Crippen molar-refractivity contribution < 1.29 is 0 Å². The van der Waals surface area contributed by atoms with E-state index in [9.17, 15) is 0 Å². The highest BCUT2D eigenvalue weighted by Crippen LogP contribution is 2.28. The van der Waals surface area contributed by atoms with Gasteiger partial charge in [0.25, 0.3) is 0 Å². The van der Waals surface area contributed by atoms with Crippen molar-refractivity contribution in [3.63, 3.8) is 0 Å². The predicted octanol–water partition coefficient (Wildman–Crippen LogP) is 3.77. The van der Waals surface area contributed by atoms with Crippen LogP contribution in [0.5, 0.6) is 0 Å². The molecule has 2 heteroatoms. The summed E-state index contributed by atoms with van der Waals surface area (Å²) in [6.45, 7) is 10.2. The van der Waals surface area contributed by atoms with Gasteiger partial charge in [0, 0.05) is 18.6 Å². The number of likely N-dealkylation sites (N-methyl/N-ethyl adjacent to an activating group) is 1. The number of hydrogen-bond acceptors (Lipinski definition) is 2. The molecule has 1 aliphatic rings. The molecule has 2 rings (SSSR count). The van der Waals surface area contributed by atoms with Crippen LogP contribution in [-0.2, 0) is 6.42 Å². The first-order chi connectivity index (χ1) is 9.74. The van der Waals surface area contributed by atoms with Crippen LogP contribution in [0.1, 0.15) is 57.2 Å². The molecule has 1 aliphatic carbocycles. The zero-order valence-electron chi connectivity index (χ0n) is 13.4. The highest BCUT2D eigenvalue weighted by molar-refractivity contribution is 5.31. The Morgan fingerprint density at radius 1 is 1.20 bits per heavy atom. The summed E-state index contributed by atoms with van der Waals surface area (Å²) in [5, 5.41) is 3.87. The molecule has 2 atom stereocenters. The molecule has 20 heavy (non-hydrogen) atoms. The Morgan fingerprint density at radius 2 is 1.95 bits per heavy atom. The zero-order valence-corrected chi connectivity index (χ0v) is 13.4. The van der Waals surface area contributed by atoms with E-state index in [-0.39, 0.29) is 0 Å². The molecular weight excluding hydrogens is 244 g/mol. The average Bonchev–Trinajstić information content (AvgIpc) is 2.67. The quantitative estimate of drug-likeness (QED) is 0.794. The van der Waals surface area contributed by atoms with Crippen LogP contribution in [0.3, 0.4) is 0 Å². The minimum atomic E-state index is 0.541. The lowest BCUT2D eigenvalue weighted by Crippen LogP contribution is -2.40. The maximum Gasteiger partial charge on any atom is 0.0325 e. The third-order valence-electron chi connectivity index (χ3n) is 4.53. The van der Waals surface area contributed by atoms with Crippen LogP contribution in [0.4, 0.5) is 0 Å². The molecule has 0 spiro atoms. The summed E-state index contributed by atoms with van der Waals surface area (Å²) in [5.74, 6) is 0. The number of aryl methyl sites for hydroxylation is 1. The van der Waals surface area contributed by atoms with Crippen molar-refractivity contribution in [3.05, 3.63) is 35.4 Å². The van der Waals surface area contributed by atoms with Crippen LogP contribution in [-0.4, -0.2) is 30.6 Å². The van der Waals surface area contributed by atoms with Gasteiger partial charge in [-0.15, -0.1) is 0 Å². The van der Waals surface area contributed by atoms with Gasteiger partial charge in [0.2, 0.25) is 0 Å². The molecule has 0 aliphatic heterocycles. The van der Waals surface area contributed by atoms with Gasteiger partial charge in [0.1, 0.15) is 0 Å². The topological polar surface area (TPSA) is 15.3 Å². The molecule has 2 nitrogen and oxygen atoms in total. The fourth-order valence-electron chi connectivity index (χ4n) is 3.36. The van der Waals surface area contributed by atoms with Crippen molar-refractivity contribution in [2.75, 3.05) is 19.6 Å². The van der Waals surface area contributed by atoms with Crippen molar-refractivity contribution in [2.45, 2.75) is 58.5 Å². The van der Waals surface area contributed by atoms with E-state index in [2.05, 4.69) is 55.3 Å². The zero-order chi connectivity index (χ0) is 14.4. The van der Waals surface area contributed by atoms with Gasteiger partial charge in [-0.2, -0.15) is 0 Å². The fourth-order valence-corrected chi connectivity index (χ4v) is 3.36. The van der Waals surface area contributed by atoms with Crippen molar-refractivity contribution in [1.29, 1.82) is 0 Å². The van der Waals surface area contributed by atoms with Crippen LogP contribution in [0.2, 0.25) is 0 Å². The second-order valence-corrected chi connectivity index (χ2v) is 6.05. The number of hydrogen-bond donors (Lipinski definition) is 1.